The number of anilines is 2. The number of hydrogen-bond acceptors (Lipinski definition) is 5. The number of fused-ring (bicyclic) bond motifs is 1. The van der Waals surface area contributed by atoms with Crippen molar-refractivity contribution in [3.63, 3.8) is 0 Å². The Kier molecular flexibility index (Phi) is 6.76. The molecular weight excluding hydrogens is 494 g/mol. The van der Waals surface area contributed by atoms with Gasteiger partial charge in [-0.05, 0) is 53.8 Å². The Balaban J connectivity index is 1.27. The maximum atomic E-state index is 13.0. The first-order chi connectivity index (χ1) is 17.4. The van der Waals surface area contributed by atoms with Crippen LogP contribution in [0.3, 0.4) is 0 Å². The average molecular weight is 518 g/mol. The van der Waals surface area contributed by atoms with Gasteiger partial charge in [-0.2, -0.15) is 0 Å². The van der Waals surface area contributed by atoms with Crippen molar-refractivity contribution >= 4 is 45.6 Å². The fourth-order valence-electron chi connectivity index (χ4n) is 4.54. The molecule has 1 aliphatic carbocycles. The summed E-state index contributed by atoms with van der Waals surface area (Å²) in [5.74, 6) is 0.294. The molecule has 1 aliphatic rings. The van der Waals surface area contributed by atoms with E-state index in [0.29, 0.717) is 32.8 Å². The number of rotatable bonds is 6. The zero-order chi connectivity index (χ0) is 25.2. The first-order valence-electron chi connectivity index (χ1n) is 11.5. The molecule has 0 saturated carbocycles. The molecule has 8 heteroatoms. The van der Waals surface area contributed by atoms with Crippen LogP contribution >= 0.6 is 22.9 Å². The van der Waals surface area contributed by atoms with Gasteiger partial charge in [0.1, 0.15) is 5.75 Å². The highest BCUT2D eigenvalue weighted by molar-refractivity contribution is 7.14. The normalized spacial score (nSPS) is 16.3. The lowest BCUT2D eigenvalue weighted by molar-refractivity contribution is -0.120. The molecular formula is C28H24ClN3O3S. The number of aromatic nitrogens is 1. The Labute approximate surface area is 218 Å². The molecule has 5 rings (SSSR count). The molecule has 0 spiro atoms. The third-order valence-corrected chi connectivity index (χ3v) is 7.54. The van der Waals surface area contributed by atoms with E-state index < -0.39 is 0 Å². The molecule has 0 bridgehead atoms. The number of amides is 2. The van der Waals surface area contributed by atoms with E-state index in [1.54, 1.807) is 36.4 Å². The van der Waals surface area contributed by atoms with Gasteiger partial charge in [0.2, 0.25) is 5.91 Å². The molecule has 0 fully saturated rings. The highest BCUT2D eigenvalue weighted by Gasteiger charge is 2.34. The molecule has 1 heterocycles. The largest absolute Gasteiger partial charge is 0.495 e. The zero-order valence-electron chi connectivity index (χ0n) is 19.7. The van der Waals surface area contributed by atoms with E-state index in [0.717, 1.165) is 12.0 Å². The van der Waals surface area contributed by atoms with Gasteiger partial charge < -0.3 is 15.4 Å². The fourth-order valence-corrected chi connectivity index (χ4v) is 5.52. The maximum Gasteiger partial charge on any atom is 0.255 e. The van der Waals surface area contributed by atoms with Gasteiger partial charge in [0.05, 0.1) is 17.8 Å². The summed E-state index contributed by atoms with van der Waals surface area (Å²) in [6.45, 7) is 2.10. The summed E-state index contributed by atoms with van der Waals surface area (Å²) in [7, 11) is 1.54. The second-order valence-electron chi connectivity index (χ2n) is 8.71. The predicted molar refractivity (Wildman–Crippen MR) is 144 cm³/mol. The van der Waals surface area contributed by atoms with Crippen LogP contribution in [0.5, 0.6) is 5.75 Å². The summed E-state index contributed by atoms with van der Waals surface area (Å²) in [5, 5.41) is 8.67. The summed E-state index contributed by atoms with van der Waals surface area (Å²) in [5.41, 5.74) is 5.00. The number of nitrogens with zero attached hydrogens (tertiary/aromatic N) is 1. The molecule has 1 aromatic heterocycles. The number of hydrogen-bond donors (Lipinski definition) is 2. The molecule has 2 atom stereocenters. The van der Waals surface area contributed by atoms with Crippen LogP contribution in [0, 0.1) is 5.92 Å². The minimum absolute atomic E-state index is 0.0223. The van der Waals surface area contributed by atoms with Crippen molar-refractivity contribution in [1.82, 2.24) is 4.98 Å². The van der Waals surface area contributed by atoms with Crippen LogP contribution in [-0.4, -0.2) is 23.9 Å². The number of carbonyl (C=O) groups is 2. The lowest BCUT2D eigenvalue weighted by atomic mass is 9.94. The Morgan fingerprint density at radius 3 is 2.67 bits per heavy atom. The molecule has 3 aromatic carbocycles. The van der Waals surface area contributed by atoms with Crippen LogP contribution in [0.1, 0.15) is 34.3 Å². The lowest BCUT2D eigenvalue weighted by Gasteiger charge is -2.14. The molecule has 6 nitrogen and oxygen atoms in total. The van der Waals surface area contributed by atoms with Crippen molar-refractivity contribution in [2.24, 2.45) is 5.92 Å². The fraction of sp³-hybridized carbons (Fsp3) is 0.179. The van der Waals surface area contributed by atoms with Gasteiger partial charge in [0, 0.05) is 28.1 Å². The van der Waals surface area contributed by atoms with Gasteiger partial charge >= 0.3 is 0 Å². The van der Waals surface area contributed by atoms with E-state index in [1.165, 1.54) is 29.6 Å². The highest BCUT2D eigenvalue weighted by Crippen LogP contribution is 2.38. The predicted octanol–water partition coefficient (Wildman–Crippen LogP) is 6.64. The number of methoxy groups -OCH3 is 1. The number of carbonyl (C=O) groups excluding carboxylic acids is 2. The number of nitrogens with one attached hydrogen (secondary N) is 2. The van der Waals surface area contributed by atoms with Crippen LogP contribution in [0.15, 0.2) is 72.1 Å². The number of benzene rings is 3. The summed E-state index contributed by atoms with van der Waals surface area (Å²) < 4.78 is 5.15. The molecule has 0 saturated heterocycles. The van der Waals surface area contributed by atoms with Crippen molar-refractivity contribution in [1.29, 1.82) is 0 Å². The average Bonchev–Trinajstić information content (AvgIpc) is 3.49. The van der Waals surface area contributed by atoms with Crippen molar-refractivity contribution < 1.29 is 14.3 Å². The third kappa shape index (κ3) is 4.85. The Morgan fingerprint density at radius 2 is 1.89 bits per heavy atom. The van der Waals surface area contributed by atoms with Gasteiger partial charge in [-0.3, -0.25) is 9.59 Å². The SMILES string of the molecule is COc1ccc(NC(=O)c2cccc(-c3csc(NC(=O)[C@@H]4Cc5ccccc5[C@H]4C)n3)c2)cc1Cl. The van der Waals surface area contributed by atoms with E-state index in [2.05, 4.69) is 34.7 Å². The molecule has 4 aromatic rings. The van der Waals surface area contributed by atoms with E-state index in [-0.39, 0.29) is 23.7 Å². The van der Waals surface area contributed by atoms with Gasteiger partial charge in [0.15, 0.2) is 5.13 Å². The second kappa shape index (κ2) is 10.1. The Hall–Kier alpha value is -3.68. The van der Waals surface area contributed by atoms with Gasteiger partial charge in [0.25, 0.3) is 5.91 Å². The van der Waals surface area contributed by atoms with E-state index >= 15 is 0 Å². The molecule has 182 valence electrons. The first kappa shape index (κ1) is 24.0. The minimum Gasteiger partial charge on any atom is -0.495 e. The van der Waals surface area contributed by atoms with Crippen molar-refractivity contribution in [3.8, 4) is 17.0 Å². The number of ether oxygens (including phenoxy) is 1. The quantitative estimate of drug-likeness (QED) is 0.300. The number of thiazole rings is 1. The molecule has 36 heavy (non-hydrogen) atoms. The minimum atomic E-state index is -0.267. The summed E-state index contributed by atoms with van der Waals surface area (Å²) in [4.78, 5) is 30.4. The summed E-state index contributed by atoms with van der Waals surface area (Å²) >= 11 is 7.53. The molecule has 0 unspecified atom stereocenters. The second-order valence-corrected chi connectivity index (χ2v) is 9.97. The topological polar surface area (TPSA) is 80.3 Å². The monoisotopic (exact) mass is 517 g/mol. The molecule has 0 radical (unpaired) electrons. The van der Waals surface area contributed by atoms with Crippen molar-refractivity contribution in [3.05, 3.63) is 93.8 Å². The van der Waals surface area contributed by atoms with Gasteiger partial charge in [-0.25, -0.2) is 4.98 Å². The van der Waals surface area contributed by atoms with Crippen LogP contribution in [0.25, 0.3) is 11.3 Å². The standard InChI is InChI=1S/C28H24ClN3O3S/c1-16-21-9-4-3-6-17(21)13-22(16)27(34)32-28-31-24(15-36-28)18-7-5-8-19(12-18)26(33)30-20-10-11-25(35-2)23(29)14-20/h3-12,14-16,22H,13H2,1-2H3,(H,30,33)(H,31,32,34)/t16-,22-/m1/s1. The molecule has 2 amide bonds. The lowest BCUT2D eigenvalue weighted by Crippen LogP contribution is -2.25. The van der Waals surface area contributed by atoms with E-state index in [1.807, 2.05) is 23.6 Å². The van der Waals surface area contributed by atoms with Crippen LogP contribution in [0.2, 0.25) is 5.02 Å². The summed E-state index contributed by atoms with van der Waals surface area (Å²) in [6, 6.07) is 20.5. The van der Waals surface area contributed by atoms with E-state index in [4.69, 9.17) is 16.3 Å². The zero-order valence-corrected chi connectivity index (χ0v) is 21.3. The Bertz CT molecular complexity index is 1450. The molecule has 0 aliphatic heterocycles. The number of halogens is 1. The Morgan fingerprint density at radius 1 is 1.06 bits per heavy atom. The first-order valence-corrected chi connectivity index (χ1v) is 12.8. The summed E-state index contributed by atoms with van der Waals surface area (Å²) in [6.07, 6.45) is 0.734. The molecule has 2 N–H and O–H groups in total. The van der Waals surface area contributed by atoms with Gasteiger partial charge in [-0.1, -0.05) is 54.9 Å². The van der Waals surface area contributed by atoms with E-state index in [9.17, 15) is 9.59 Å². The smallest absolute Gasteiger partial charge is 0.255 e. The van der Waals surface area contributed by atoms with Crippen LogP contribution in [0.4, 0.5) is 10.8 Å². The third-order valence-electron chi connectivity index (χ3n) is 6.49. The van der Waals surface area contributed by atoms with Crippen molar-refractivity contribution in [2.45, 2.75) is 19.3 Å². The van der Waals surface area contributed by atoms with Crippen molar-refractivity contribution in [2.75, 3.05) is 17.7 Å². The van der Waals surface area contributed by atoms with Crippen LogP contribution in [-0.2, 0) is 11.2 Å². The van der Waals surface area contributed by atoms with Crippen LogP contribution < -0.4 is 15.4 Å². The maximum absolute atomic E-state index is 13.0. The van der Waals surface area contributed by atoms with Gasteiger partial charge in [-0.15, -0.1) is 11.3 Å². The highest BCUT2D eigenvalue weighted by atomic mass is 35.5.